The van der Waals surface area contributed by atoms with Crippen molar-refractivity contribution in [3.63, 3.8) is 0 Å². The van der Waals surface area contributed by atoms with Gasteiger partial charge in [0.15, 0.2) is 5.78 Å². The van der Waals surface area contributed by atoms with Gasteiger partial charge in [-0.2, -0.15) is 0 Å². The van der Waals surface area contributed by atoms with Crippen molar-refractivity contribution < 1.29 is 4.79 Å². The second-order valence-electron chi connectivity index (χ2n) is 7.72. The maximum Gasteiger partial charge on any atom is 0.155 e. The summed E-state index contributed by atoms with van der Waals surface area (Å²) in [5.74, 6) is 2.77. The first-order valence-electron chi connectivity index (χ1n) is 7.52. The zero-order valence-electron chi connectivity index (χ0n) is 12.5. The molecule has 0 saturated heterocycles. The van der Waals surface area contributed by atoms with E-state index in [1.807, 2.05) is 0 Å². The number of carbonyl (C=O) groups excluding carboxylic acids is 1. The summed E-state index contributed by atoms with van der Waals surface area (Å²) in [7, 11) is 0. The van der Waals surface area contributed by atoms with Gasteiger partial charge in [0.1, 0.15) is 0 Å². The quantitative estimate of drug-likeness (QED) is 0.671. The monoisotopic (exact) mass is 246 g/mol. The minimum Gasteiger partial charge on any atom is -0.295 e. The first kappa shape index (κ1) is 12.4. The molecule has 0 amide bonds. The van der Waals surface area contributed by atoms with Crippen LogP contribution in [0.25, 0.3) is 0 Å². The number of fused-ring (bicyclic) bond motifs is 1. The average molecular weight is 246 g/mol. The van der Waals surface area contributed by atoms with Gasteiger partial charge in [-0.3, -0.25) is 4.79 Å². The fourth-order valence-electron chi connectivity index (χ4n) is 5.79. The molecule has 0 heterocycles. The van der Waals surface area contributed by atoms with Crippen LogP contribution in [0.4, 0.5) is 0 Å². The van der Waals surface area contributed by atoms with Crippen LogP contribution in [0.3, 0.4) is 0 Å². The van der Waals surface area contributed by atoms with Crippen LogP contribution in [0.15, 0.2) is 11.1 Å². The minimum absolute atomic E-state index is 0.322. The highest BCUT2D eigenvalue weighted by molar-refractivity contribution is 5.95. The number of Topliss-reactive ketones (excluding diaryl/α,β-unsaturated/α-hetero) is 1. The fraction of sp³-hybridized carbons (Fsp3) is 0.824. The van der Waals surface area contributed by atoms with Crippen molar-refractivity contribution in [1.29, 1.82) is 0 Å². The maximum absolute atomic E-state index is 11.9. The van der Waals surface area contributed by atoms with Crippen LogP contribution >= 0.6 is 0 Å². The highest BCUT2D eigenvalue weighted by Gasteiger charge is 2.64. The predicted molar refractivity (Wildman–Crippen MR) is 74.2 cm³/mol. The van der Waals surface area contributed by atoms with Crippen molar-refractivity contribution >= 4 is 5.78 Å². The van der Waals surface area contributed by atoms with Crippen LogP contribution < -0.4 is 0 Å². The molecule has 2 bridgehead atoms. The van der Waals surface area contributed by atoms with Crippen molar-refractivity contribution in [2.45, 2.75) is 60.3 Å². The van der Waals surface area contributed by atoms with Crippen LogP contribution in [-0.4, -0.2) is 5.78 Å². The number of ketones is 1. The molecule has 0 N–H and O–H groups in total. The van der Waals surface area contributed by atoms with Crippen LogP contribution in [0.1, 0.15) is 60.3 Å². The zero-order valence-corrected chi connectivity index (χ0v) is 12.5. The van der Waals surface area contributed by atoms with Gasteiger partial charge in [0.05, 0.1) is 0 Å². The lowest BCUT2D eigenvalue weighted by atomic mass is 9.67. The summed E-state index contributed by atoms with van der Waals surface area (Å²) in [6, 6.07) is 0. The van der Waals surface area contributed by atoms with E-state index in [0.717, 1.165) is 24.2 Å². The second-order valence-corrected chi connectivity index (χ2v) is 7.72. The summed E-state index contributed by atoms with van der Waals surface area (Å²) in [5.41, 5.74) is 3.43. The molecule has 1 nitrogen and oxygen atoms in total. The van der Waals surface area contributed by atoms with Crippen molar-refractivity contribution in [2.24, 2.45) is 28.6 Å². The smallest absolute Gasteiger partial charge is 0.155 e. The molecule has 3 aliphatic rings. The molecule has 1 heteroatoms. The Morgan fingerprint density at radius 1 is 1.33 bits per heavy atom. The number of carbonyl (C=O) groups is 1. The van der Waals surface area contributed by atoms with Gasteiger partial charge in [-0.05, 0) is 73.7 Å². The van der Waals surface area contributed by atoms with E-state index in [4.69, 9.17) is 0 Å². The van der Waals surface area contributed by atoms with Crippen molar-refractivity contribution in [2.75, 3.05) is 0 Å². The van der Waals surface area contributed by atoms with Gasteiger partial charge < -0.3 is 0 Å². The summed E-state index contributed by atoms with van der Waals surface area (Å²) in [5, 5.41) is 0. The summed E-state index contributed by atoms with van der Waals surface area (Å²) in [4.78, 5) is 11.9. The molecule has 0 aliphatic heterocycles. The highest BCUT2D eigenvalue weighted by atomic mass is 16.1. The van der Waals surface area contributed by atoms with E-state index in [2.05, 4.69) is 27.7 Å². The van der Waals surface area contributed by atoms with Crippen molar-refractivity contribution in [3.05, 3.63) is 11.1 Å². The molecule has 2 fully saturated rings. The van der Waals surface area contributed by atoms with Gasteiger partial charge in [-0.1, -0.05) is 26.3 Å². The third-order valence-electron chi connectivity index (χ3n) is 6.87. The molecule has 4 atom stereocenters. The van der Waals surface area contributed by atoms with Gasteiger partial charge >= 0.3 is 0 Å². The molecule has 2 saturated carbocycles. The van der Waals surface area contributed by atoms with Crippen LogP contribution in [-0.2, 0) is 4.79 Å². The predicted octanol–water partition coefficient (Wildman–Crippen LogP) is 4.37. The standard InChI is InChI=1S/C17H26O/c1-10-6-7-17-9-14(10)16(4,5)15(17)8-13(11(17)2)12(3)18/h10,14-15H,6-9H2,1-5H3/t10-,14+,15+,17+/m1/s1. The first-order chi connectivity index (χ1) is 8.30. The molecular formula is C17H26O. The summed E-state index contributed by atoms with van der Waals surface area (Å²) in [6.45, 7) is 11.4. The van der Waals surface area contributed by atoms with Gasteiger partial charge in [-0.15, -0.1) is 0 Å². The van der Waals surface area contributed by atoms with Gasteiger partial charge in [0, 0.05) is 0 Å². The summed E-state index contributed by atoms with van der Waals surface area (Å²) >= 11 is 0. The van der Waals surface area contributed by atoms with Crippen molar-refractivity contribution in [1.82, 2.24) is 0 Å². The molecule has 0 aromatic rings. The molecule has 0 radical (unpaired) electrons. The Hall–Kier alpha value is -0.590. The van der Waals surface area contributed by atoms with E-state index in [1.165, 1.54) is 30.4 Å². The summed E-state index contributed by atoms with van der Waals surface area (Å²) in [6.07, 6.45) is 5.07. The lowest BCUT2D eigenvalue weighted by Crippen LogP contribution is -2.28. The third kappa shape index (κ3) is 1.26. The molecule has 1 spiro atoms. The topological polar surface area (TPSA) is 17.1 Å². The first-order valence-corrected chi connectivity index (χ1v) is 7.52. The van der Waals surface area contributed by atoms with E-state index >= 15 is 0 Å². The van der Waals surface area contributed by atoms with Crippen molar-refractivity contribution in [3.8, 4) is 0 Å². The van der Waals surface area contributed by atoms with E-state index in [-0.39, 0.29) is 0 Å². The van der Waals surface area contributed by atoms with Crippen LogP contribution in [0, 0.1) is 28.6 Å². The molecule has 3 rings (SSSR count). The van der Waals surface area contributed by atoms with E-state index in [1.54, 1.807) is 6.92 Å². The van der Waals surface area contributed by atoms with Gasteiger partial charge in [0.25, 0.3) is 0 Å². The molecule has 18 heavy (non-hydrogen) atoms. The lowest BCUT2D eigenvalue weighted by Gasteiger charge is -2.37. The largest absolute Gasteiger partial charge is 0.295 e. The highest BCUT2D eigenvalue weighted by Crippen LogP contribution is 2.72. The summed E-state index contributed by atoms with van der Waals surface area (Å²) < 4.78 is 0. The number of rotatable bonds is 1. The Kier molecular flexibility index (Phi) is 2.41. The Labute approximate surface area is 111 Å². The van der Waals surface area contributed by atoms with Gasteiger partial charge in [-0.25, -0.2) is 0 Å². The molecule has 0 aromatic heterocycles. The van der Waals surface area contributed by atoms with E-state index in [9.17, 15) is 4.79 Å². The zero-order chi connectivity index (χ0) is 13.3. The van der Waals surface area contributed by atoms with E-state index in [0.29, 0.717) is 16.6 Å². The lowest BCUT2D eigenvalue weighted by molar-refractivity contribution is -0.113. The Morgan fingerprint density at radius 3 is 2.61 bits per heavy atom. The molecule has 100 valence electrons. The molecule has 3 aliphatic carbocycles. The molecular weight excluding hydrogens is 220 g/mol. The average Bonchev–Trinajstić information content (AvgIpc) is 2.66. The fourth-order valence-corrected chi connectivity index (χ4v) is 5.79. The van der Waals surface area contributed by atoms with Crippen LogP contribution in [0.5, 0.6) is 0 Å². The normalized spacial score (nSPS) is 45.3. The SMILES string of the molecule is CC(=O)C1=C(C)[C@]23CC[C@@H](C)[C@H](C2)C(C)(C)[C@@H]3C1. The Balaban J connectivity index is 2.10. The Morgan fingerprint density at radius 2 is 2.00 bits per heavy atom. The third-order valence-corrected chi connectivity index (χ3v) is 6.87. The number of allylic oxidation sites excluding steroid dienone is 2. The molecule has 0 aromatic carbocycles. The van der Waals surface area contributed by atoms with Crippen LogP contribution in [0.2, 0.25) is 0 Å². The number of hydrogen-bond acceptors (Lipinski definition) is 1. The maximum atomic E-state index is 11.9. The second kappa shape index (κ2) is 3.49. The van der Waals surface area contributed by atoms with Gasteiger partial charge in [0.2, 0.25) is 0 Å². The van der Waals surface area contributed by atoms with E-state index < -0.39 is 0 Å². The Bertz CT molecular complexity index is 443. The minimum atomic E-state index is 0.322. The molecule has 0 unspecified atom stereocenters. The number of hydrogen-bond donors (Lipinski definition) is 0.